The normalized spacial score (nSPS) is 10.5. The van der Waals surface area contributed by atoms with Crippen LogP contribution in [0.1, 0.15) is 11.1 Å². The molecular weight excluding hydrogens is 370 g/mol. The Morgan fingerprint density at radius 3 is 2.32 bits per heavy atom. The highest BCUT2D eigenvalue weighted by molar-refractivity contribution is 9.10. The van der Waals surface area contributed by atoms with Crippen molar-refractivity contribution in [1.29, 1.82) is 0 Å². The molecule has 0 saturated carbocycles. The summed E-state index contributed by atoms with van der Waals surface area (Å²) in [5.41, 5.74) is 2.37. The molecule has 0 fully saturated rings. The molecule has 0 spiro atoms. The zero-order valence-electron chi connectivity index (χ0n) is 10.8. The predicted octanol–water partition coefficient (Wildman–Crippen LogP) is 5.03. The fraction of sp³-hybridized carbons (Fsp3) is 0.200. The number of halogens is 2. The van der Waals surface area contributed by atoms with Gasteiger partial charge in [0.2, 0.25) is 0 Å². The molecule has 0 bridgehead atoms. The van der Waals surface area contributed by atoms with E-state index < -0.39 is 0 Å². The molecule has 0 aliphatic heterocycles. The SMILES string of the molecule is CNCc1ccc(Oc2ccc(Br)c(C)c2)cc1Br. The molecule has 0 amide bonds. The van der Waals surface area contributed by atoms with E-state index in [1.54, 1.807) is 0 Å². The standard InChI is InChI=1S/C15H15Br2NO/c1-10-7-12(5-6-14(10)16)19-13-4-3-11(9-18-2)15(17)8-13/h3-8,18H,9H2,1-2H3. The molecule has 2 aromatic carbocycles. The minimum atomic E-state index is 0.827. The quantitative estimate of drug-likeness (QED) is 0.797. The van der Waals surface area contributed by atoms with Crippen LogP contribution >= 0.6 is 31.9 Å². The highest BCUT2D eigenvalue weighted by atomic mass is 79.9. The van der Waals surface area contributed by atoms with Gasteiger partial charge in [-0.15, -0.1) is 0 Å². The smallest absolute Gasteiger partial charge is 0.128 e. The van der Waals surface area contributed by atoms with E-state index in [2.05, 4.69) is 43.2 Å². The first-order valence-corrected chi connectivity index (χ1v) is 7.56. The number of aryl methyl sites for hydroxylation is 1. The Hall–Kier alpha value is -0.840. The Bertz CT molecular complexity index is 584. The van der Waals surface area contributed by atoms with E-state index in [-0.39, 0.29) is 0 Å². The van der Waals surface area contributed by atoms with Gasteiger partial charge in [-0.1, -0.05) is 37.9 Å². The van der Waals surface area contributed by atoms with Gasteiger partial charge in [0.15, 0.2) is 0 Å². The van der Waals surface area contributed by atoms with E-state index >= 15 is 0 Å². The molecule has 0 aliphatic rings. The van der Waals surface area contributed by atoms with Crippen LogP contribution in [0.2, 0.25) is 0 Å². The van der Waals surface area contributed by atoms with E-state index in [4.69, 9.17) is 4.74 Å². The summed E-state index contributed by atoms with van der Waals surface area (Å²) in [4.78, 5) is 0. The van der Waals surface area contributed by atoms with Crippen LogP contribution in [-0.2, 0) is 6.54 Å². The minimum Gasteiger partial charge on any atom is -0.457 e. The van der Waals surface area contributed by atoms with Gasteiger partial charge in [0.05, 0.1) is 0 Å². The van der Waals surface area contributed by atoms with Crippen molar-refractivity contribution in [2.45, 2.75) is 13.5 Å². The second-order valence-corrected chi connectivity index (χ2v) is 6.01. The maximum Gasteiger partial charge on any atom is 0.128 e. The lowest BCUT2D eigenvalue weighted by molar-refractivity contribution is 0.481. The summed E-state index contributed by atoms with van der Waals surface area (Å²) in [5.74, 6) is 1.67. The first kappa shape index (κ1) is 14.6. The first-order chi connectivity index (χ1) is 9.10. The third-order valence-corrected chi connectivity index (χ3v) is 4.38. The molecule has 0 radical (unpaired) electrons. The van der Waals surface area contributed by atoms with Crippen LogP contribution in [0.3, 0.4) is 0 Å². The number of nitrogens with one attached hydrogen (secondary N) is 1. The second kappa shape index (κ2) is 6.55. The van der Waals surface area contributed by atoms with Gasteiger partial charge in [-0.25, -0.2) is 0 Å². The topological polar surface area (TPSA) is 21.3 Å². The number of hydrogen-bond acceptors (Lipinski definition) is 2. The molecule has 19 heavy (non-hydrogen) atoms. The molecule has 0 atom stereocenters. The van der Waals surface area contributed by atoms with Gasteiger partial charge in [0.1, 0.15) is 11.5 Å². The molecule has 1 N–H and O–H groups in total. The predicted molar refractivity (Wildman–Crippen MR) is 85.9 cm³/mol. The Morgan fingerprint density at radius 2 is 1.68 bits per heavy atom. The van der Waals surface area contributed by atoms with E-state index in [0.29, 0.717) is 0 Å². The summed E-state index contributed by atoms with van der Waals surface area (Å²) in [7, 11) is 1.93. The fourth-order valence-corrected chi connectivity index (χ4v) is 2.49. The average molecular weight is 385 g/mol. The summed E-state index contributed by atoms with van der Waals surface area (Å²) in [5, 5.41) is 3.13. The second-order valence-electron chi connectivity index (χ2n) is 4.30. The molecule has 0 aliphatic carbocycles. The lowest BCUT2D eigenvalue weighted by Gasteiger charge is -2.10. The summed E-state index contributed by atoms with van der Waals surface area (Å²) in [6, 6.07) is 12.0. The van der Waals surface area contributed by atoms with Gasteiger partial charge in [0, 0.05) is 15.5 Å². The first-order valence-electron chi connectivity index (χ1n) is 5.97. The number of rotatable bonds is 4. The molecule has 2 rings (SSSR count). The van der Waals surface area contributed by atoms with Crippen LogP contribution in [0.15, 0.2) is 45.3 Å². The Kier molecular flexibility index (Phi) is 5.02. The zero-order chi connectivity index (χ0) is 13.8. The van der Waals surface area contributed by atoms with Crippen molar-refractivity contribution in [2.24, 2.45) is 0 Å². The number of ether oxygens (including phenoxy) is 1. The average Bonchev–Trinajstić information content (AvgIpc) is 2.37. The van der Waals surface area contributed by atoms with Crippen LogP contribution < -0.4 is 10.1 Å². The molecule has 2 aromatic rings. The van der Waals surface area contributed by atoms with E-state index in [0.717, 1.165) is 32.6 Å². The van der Waals surface area contributed by atoms with Gasteiger partial charge in [0.25, 0.3) is 0 Å². The van der Waals surface area contributed by atoms with Crippen LogP contribution in [0.4, 0.5) is 0 Å². The fourth-order valence-electron chi connectivity index (χ4n) is 1.74. The summed E-state index contributed by atoms with van der Waals surface area (Å²) in [6.07, 6.45) is 0. The Labute approximate surface area is 130 Å². The van der Waals surface area contributed by atoms with Crippen molar-refractivity contribution < 1.29 is 4.74 Å². The molecule has 0 aromatic heterocycles. The Balaban J connectivity index is 2.19. The number of hydrogen-bond donors (Lipinski definition) is 1. The zero-order valence-corrected chi connectivity index (χ0v) is 14.0. The lowest BCUT2D eigenvalue weighted by atomic mass is 10.2. The van der Waals surface area contributed by atoms with Crippen LogP contribution in [0.5, 0.6) is 11.5 Å². The van der Waals surface area contributed by atoms with Crippen LogP contribution in [0.25, 0.3) is 0 Å². The van der Waals surface area contributed by atoms with E-state index in [1.165, 1.54) is 5.56 Å². The molecule has 2 nitrogen and oxygen atoms in total. The van der Waals surface area contributed by atoms with Crippen molar-refractivity contribution in [3.63, 3.8) is 0 Å². The molecule has 4 heteroatoms. The summed E-state index contributed by atoms with van der Waals surface area (Å²) < 4.78 is 7.99. The summed E-state index contributed by atoms with van der Waals surface area (Å²) in [6.45, 7) is 2.88. The van der Waals surface area contributed by atoms with E-state index in [9.17, 15) is 0 Å². The number of benzene rings is 2. The molecule has 0 saturated heterocycles. The van der Waals surface area contributed by atoms with E-state index in [1.807, 2.05) is 44.3 Å². The van der Waals surface area contributed by atoms with Gasteiger partial charge in [-0.05, 0) is 55.4 Å². The monoisotopic (exact) mass is 383 g/mol. The highest BCUT2D eigenvalue weighted by Gasteiger charge is 2.04. The third kappa shape index (κ3) is 3.81. The van der Waals surface area contributed by atoms with Gasteiger partial charge in [-0.2, -0.15) is 0 Å². The largest absolute Gasteiger partial charge is 0.457 e. The lowest BCUT2D eigenvalue weighted by Crippen LogP contribution is -2.05. The van der Waals surface area contributed by atoms with Gasteiger partial charge >= 0.3 is 0 Å². The molecular formula is C15H15Br2NO. The van der Waals surface area contributed by atoms with Crippen molar-refractivity contribution in [3.05, 3.63) is 56.5 Å². The van der Waals surface area contributed by atoms with Crippen molar-refractivity contribution in [1.82, 2.24) is 5.32 Å². The third-order valence-electron chi connectivity index (χ3n) is 2.76. The minimum absolute atomic E-state index is 0.827. The van der Waals surface area contributed by atoms with Gasteiger partial charge < -0.3 is 10.1 Å². The maximum absolute atomic E-state index is 5.86. The van der Waals surface area contributed by atoms with Crippen LogP contribution in [-0.4, -0.2) is 7.05 Å². The van der Waals surface area contributed by atoms with Crippen molar-refractivity contribution in [2.75, 3.05) is 7.05 Å². The maximum atomic E-state index is 5.86. The van der Waals surface area contributed by atoms with Crippen molar-refractivity contribution in [3.8, 4) is 11.5 Å². The molecule has 100 valence electrons. The highest BCUT2D eigenvalue weighted by Crippen LogP contribution is 2.29. The Morgan fingerprint density at radius 1 is 1.00 bits per heavy atom. The van der Waals surface area contributed by atoms with Crippen LogP contribution in [0, 0.1) is 6.92 Å². The summed E-state index contributed by atoms with van der Waals surface area (Å²) >= 11 is 7.04. The molecule has 0 heterocycles. The van der Waals surface area contributed by atoms with Crippen molar-refractivity contribution >= 4 is 31.9 Å². The molecule has 0 unspecified atom stereocenters. The van der Waals surface area contributed by atoms with Gasteiger partial charge in [-0.3, -0.25) is 0 Å².